The van der Waals surface area contributed by atoms with Crippen molar-refractivity contribution in [2.75, 3.05) is 26.9 Å². The van der Waals surface area contributed by atoms with E-state index in [1.54, 1.807) is 0 Å². The Morgan fingerprint density at radius 2 is 1.47 bits per heavy atom. The summed E-state index contributed by atoms with van der Waals surface area (Å²) in [6.07, 6.45) is 7.99. The number of aryl methyl sites for hydroxylation is 2. The van der Waals surface area contributed by atoms with Gasteiger partial charge in [0.05, 0.1) is 25.1 Å². The van der Waals surface area contributed by atoms with Gasteiger partial charge in [-0.3, -0.25) is 4.98 Å². The lowest BCUT2D eigenvalue weighted by molar-refractivity contribution is -0.0609. The SMILES string of the molecule is C/C=C/COc1cc(C)c(OCCCCCCCCCOc2ccc(/C(=N/OC)C(F)(F)F)nc2)c(C)c1. The Balaban J connectivity index is 1.55. The number of rotatable bonds is 17. The Bertz CT molecular complexity index is 998. The molecule has 0 saturated carbocycles. The summed E-state index contributed by atoms with van der Waals surface area (Å²) in [6.45, 7) is 7.81. The van der Waals surface area contributed by atoms with Crippen molar-refractivity contribution in [1.29, 1.82) is 0 Å². The minimum atomic E-state index is -4.65. The van der Waals surface area contributed by atoms with Crippen LogP contribution in [-0.4, -0.2) is 43.8 Å². The Morgan fingerprint density at radius 3 is 2.00 bits per heavy atom. The van der Waals surface area contributed by atoms with Gasteiger partial charge in [-0.05, 0) is 69.0 Å². The van der Waals surface area contributed by atoms with Crippen molar-refractivity contribution < 1.29 is 32.2 Å². The summed E-state index contributed by atoms with van der Waals surface area (Å²) in [5.74, 6) is 2.23. The molecule has 0 bridgehead atoms. The van der Waals surface area contributed by atoms with Crippen molar-refractivity contribution in [3.8, 4) is 17.2 Å². The van der Waals surface area contributed by atoms with Crippen LogP contribution >= 0.6 is 0 Å². The van der Waals surface area contributed by atoms with Crippen LogP contribution in [0, 0.1) is 13.8 Å². The maximum absolute atomic E-state index is 13.0. The molecule has 38 heavy (non-hydrogen) atoms. The van der Waals surface area contributed by atoms with Crippen LogP contribution in [0.4, 0.5) is 13.2 Å². The molecule has 0 aliphatic carbocycles. The molecule has 2 aromatic rings. The fourth-order valence-electron chi connectivity index (χ4n) is 3.86. The van der Waals surface area contributed by atoms with E-state index in [0.717, 1.165) is 74.7 Å². The first-order valence-corrected chi connectivity index (χ1v) is 13.0. The van der Waals surface area contributed by atoms with Crippen LogP contribution in [-0.2, 0) is 4.84 Å². The molecule has 0 aliphatic heterocycles. The number of allylic oxidation sites excluding steroid dienone is 1. The molecule has 9 heteroatoms. The Hall–Kier alpha value is -3.23. The predicted molar refractivity (Wildman–Crippen MR) is 143 cm³/mol. The van der Waals surface area contributed by atoms with Crippen molar-refractivity contribution in [2.24, 2.45) is 5.16 Å². The number of halogens is 3. The van der Waals surface area contributed by atoms with Crippen molar-refractivity contribution in [3.05, 3.63) is 59.4 Å². The molecule has 6 nitrogen and oxygen atoms in total. The number of hydrogen-bond donors (Lipinski definition) is 0. The van der Waals surface area contributed by atoms with Gasteiger partial charge in [0.15, 0.2) is 0 Å². The summed E-state index contributed by atoms with van der Waals surface area (Å²) in [4.78, 5) is 8.08. The largest absolute Gasteiger partial charge is 0.493 e. The van der Waals surface area contributed by atoms with Gasteiger partial charge in [-0.1, -0.05) is 49.4 Å². The highest BCUT2D eigenvalue weighted by Gasteiger charge is 2.38. The summed E-state index contributed by atoms with van der Waals surface area (Å²) in [7, 11) is 1.06. The quantitative estimate of drug-likeness (QED) is 0.0895. The van der Waals surface area contributed by atoms with Gasteiger partial charge < -0.3 is 19.0 Å². The van der Waals surface area contributed by atoms with Crippen molar-refractivity contribution in [1.82, 2.24) is 4.98 Å². The molecule has 210 valence electrons. The third kappa shape index (κ3) is 11.0. The zero-order chi connectivity index (χ0) is 27.8. The van der Waals surface area contributed by atoms with E-state index in [-0.39, 0.29) is 5.69 Å². The molecular weight excluding hydrogens is 497 g/mol. The minimum Gasteiger partial charge on any atom is -0.493 e. The maximum atomic E-state index is 13.0. The number of unbranched alkanes of at least 4 members (excludes halogenated alkanes) is 6. The molecule has 1 heterocycles. The number of alkyl halides is 3. The van der Waals surface area contributed by atoms with Crippen LogP contribution in [0.5, 0.6) is 17.2 Å². The zero-order valence-electron chi connectivity index (χ0n) is 22.8. The summed E-state index contributed by atoms with van der Waals surface area (Å²) in [5, 5.41) is 3.03. The predicted octanol–water partition coefficient (Wildman–Crippen LogP) is 7.75. The molecule has 0 N–H and O–H groups in total. The number of nitrogens with zero attached hydrogens (tertiary/aromatic N) is 2. The van der Waals surface area contributed by atoms with Crippen LogP contribution in [0.25, 0.3) is 0 Å². The van der Waals surface area contributed by atoms with Crippen LogP contribution in [0.2, 0.25) is 0 Å². The van der Waals surface area contributed by atoms with E-state index >= 15 is 0 Å². The molecule has 0 unspecified atom stereocenters. The number of benzene rings is 1. The molecule has 2 rings (SSSR count). The molecule has 0 aliphatic rings. The molecule has 0 fully saturated rings. The first-order chi connectivity index (χ1) is 18.3. The molecule has 0 atom stereocenters. The van der Waals surface area contributed by atoms with Crippen LogP contribution in [0.3, 0.4) is 0 Å². The molecule has 1 aromatic heterocycles. The minimum absolute atomic E-state index is 0.314. The van der Waals surface area contributed by atoms with Gasteiger partial charge in [0.2, 0.25) is 5.71 Å². The monoisotopic (exact) mass is 536 g/mol. The summed E-state index contributed by atoms with van der Waals surface area (Å²) in [5.41, 5.74) is 0.676. The lowest BCUT2D eigenvalue weighted by atomic mass is 10.1. The summed E-state index contributed by atoms with van der Waals surface area (Å²) < 4.78 is 56.3. The molecule has 0 spiro atoms. The van der Waals surface area contributed by atoms with Gasteiger partial charge in [0, 0.05) is 0 Å². The topological polar surface area (TPSA) is 62.2 Å². The van der Waals surface area contributed by atoms with Crippen LogP contribution < -0.4 is 14.2 Å². The van der Waals surface area contributed by atoms with Crippen molar-refractivity contribution in [3.63, 3.8) is 0 Å². The van der Waals surface area contributed by atoms with E-state index in [4.69, 9.17) is 14.2 Å². The average Bonchev–Trinajstić information content (AvgIpc) is 2.87. The number of pyridine rings is 1. The number of ether oxygens (including phenoxy) is 3. The second-order valence-electron chi connectivity index (χ2n) is 8.94. The van der Waals surface area contributed by atoms with Crippen molar-refractivity contribution >= 4 is 5.71 Å². The highest BCUT2D eigenvalue weighted by Crippen LogP contribution is 2.29. The first-order valence-electron chi connectivity index (χ1n) is 13.0. The molecular formula is C29H39F3N2O4. The van der Waals surface area contributed by atoms with E-state index in [9.17, 15) is 13.2 Å². The zero-order valence-corrected chi connectivity index (χ0v) is 22.8. The fraction of sp³-hybridized carbons (Fsp3) is 0.517. The molecule has 1 aromatic carbocycles. The van der Waals surface area contributed by atoms with E-state index in [1.165, 1.54) is 18.3 Å². The van der Waals surface area contributed by atoms with E-state index in [0.29, 0.717) is 25.6 Å². The molecule has 0 saturated heterocycles. The van der Waals surface area contributed by atoms with Gasteiger partial charge in [-0.25, -0.2) is 0 Å². The first kappa shape index (κ1) is 31.0. The normalized spacial score (nSPS) is 12.1. The smallest absolute Gasteiger partial charge is 0.438 e. The standard InChI is InChI=1S/C29H39F3N2O4/c1-5-6-16-37-25-19-22(2)27(23(3)20-25)38-18-13-11-9-7-8-10-12-17-36-24-14-15-26(33-21-24)28(34-35-4)29(30,31)32/h5-6,14-15,19-21H,7-13,16-18H2,1-4H3/b6-5+,34-28-. The average molecular weight is 537 g/mol. The Morgan fingerprint density at radius 1 is 0.868 bits per heavy atom. The molecule has 0 amide bonds. The summed E-state index contributed by atoms with van der Waals surface area (Å²) in [6, 6.07) is 6.71. The highest BCUT2D eigenvalue weighted by atomic mass is 19.4. The van der Waals surface area contributed by atoms with Gasteiger partial charge >= 0.3 is 6.18 Å². The maximum Gasteiger partial charge on any atom is 0.438 e. The van der Waals surface area contributed by atoms with E-state index in [1.807, 2.05) is 45.1 Å². The number of hydrogen-bond acceptors (Lipinski definition) is 6. The van der Waals surface area contributed by atoms with E-state index in [2.05, 4.69) is 15.0 Å². The lowest BCUT2D eigenvalue weighted by Gasteiger charge is -2.14. The number of aromatic nitrogens is 1. The van der Waals surface area contributed by atoms with Crippen LogP contribution in [0.15, 0.2) is 47.8 Å². The van der Waals surface area contributed by atoms with E-state index < -0.39 is 11.9 Å². The highest BCUT2D eigenvalue weighted by molar-refractivity contribution is 6.02. The summed E-state index contributed by atoms with van der Waals surface area (Å²) >= 11 is 0. The Labute approximate surface area is 223 Å². The molecule has 0 radical (unpaired) electrons. The van der Waals surface area contributed by atoms with Gasteiger partial charge in [-0.2, -0.15) is 13.2 Å². The van der Waals surface area contributed by atoms with Gasteiger partial charge in [0.25, 0.3) is 0 Å². The third-order valence-electron chi connectivity index (χ3n) is 5.75. The number of oxime groups is 1. The lowest BCUT2D eigenvalue weighted by Crippen LogP contribution is -2.25. The Kier molecular flexibility index (Phi) is 13.5. The van der Waals surface area contributed by atoms with Gasteiger partial charge in [0.1, 0.15) is 31.0 Å². The fourth-order valence-corrected chi connectivity index (χ4v) is 3.86. The van der Waals surface area contributed by atoms with Gasteiger partial charge in [-0.15, -0.1) is 0 Å². The third-order valence-corrected chi connectivity index (χ3v) is 5.75. The second kappa shape index (κ2) is 16.6. The van der Waals surface area contributed by atoms with Crippen molar-refractivity contribution in [2.45, 2.75) is 71.9 Å². The second-order valence-corrected chi connectivity index (χ2v) is 8.94. The van der Waals surface area contributed by atoms with Crippen LogP contribution in [0.1, 0.15) is 68.7 Å².